The van der Waals surface area contributed by atoms with Gasteiger partial charge in [0.2, 0.25) is 5.91 Å². The maximum absolute atomic E-state index is 13.0. The zero-order valence-corrected chi connectivity index (χ0v) is 41.0. The minimum atomic E-state index is -5.08. The number of allylic oxidation sites excluding steroid dienone is 1. The predicted molar refractivity (Wildman–Crippen MR) is 255 cm³/mol. The average Bonchev–Trinajstić information content (AvgIpc) is 3.27. The molecule has 0 aliphatic heterocycles. The summed E-state index contributed by atoms with van der Waals surface area (Å²) in [6.45, 7) is 3.87. The lowest BCUT2D eigenvalue weighted by molar-refractivity contribution is -0.220. The van der Waals surface area contributed by atoms with E-state index in [1.165, 1.54) is 173 Å². The van der Waals surface area contributed by atoms with E-state index < -0.39 is 63.2 Å². The summed E-state index contributed by atoms with van der Waals surface area (Å²) in [7, 11) is -5.08. The zero-order valence-electron chi connectivity index (χ0n) is 40.1. The van der Waals surface area contributed by atoms with Crippen LogP contribution >= 0.6 is 7.82 Å². The molecule has 0 aromatic heterocycles. The maximum Gasteiger partial charge on any atom is 0.472 e. The van der Waals surface area contributed by atoms with Gasteiger partial charge in [-0.15, -0.1) is 0 Å². The fourth-order valence-corrected chi connectivity index (χ4v) is 9.52. The van der Waals surface area contributed by atoms with E-state index in [0.717, 1.165) is 44.9 Å². The normalized spacial score (nSPS) is 22.4. The van der Waals surface area contributed by atoms with Crippen LogP contribution in [0.5, 0.6) is 0 Å². The van der Waals surface area contributed by atoms with Gasteiger partial charge in [0.25, 0.3) is 0 Å². The Morgan fingerprint density at radius 3 is 1.21 bits per heavy atom. The van der Waals surface area contributed by atoms with Crippen molar-refractivity contribution in [2.24, 2.45) is 0 Å². The number of amides is 1. The Balaban J connectivity index is 2.42. The smallest absolute Gasteiger partial charge is 0.387 e. The van der Waals surface area contributed by atoms with E-state index in [2.05, 4.69) is 19.2 Å². The lowest BCUT2D eigenvalue weighted by atomic mass is 9.85. The number of phosphoric acid groups is 1. The van der Waals surface area contributed by atoms with E-state index in [4.69, 9.17) is 9.05 Å². The molecule has 12 nitrogen and oxygen atoms in total. The number of carbonyl (C=O) groups is 1. The summed E-state index contributed by atoms with van der Waals surface area (Å²) in [4.78, 5) is 23.5. The lowest BCUT2D eigenvalue weighted by Gasteiger charge is -2.41. The second kappa shape index (κ2) is 40.2. The van der Waals surface area contributed by atoms with Gasteiger partial charge in [-0.2, -0.15) is 0 Å². The van der Waals surface area contributed by atoms with Gasteiger partial charge in [0.15, 0.2) is 0 Å². The molecular formula is C50H98NO11P. The second-order valence-electron chi connectivity index (χ2n) is 18.7. The monoisotopic (exact) mass is 920 g/mol. The molecule has 0 aromatic rings. The number of hydrogen-bond donors (Lipinski definition) is 8. The van der Waals surface area contributed by atoms with E-state index in [9.17, 15) is 44.9 Å². The molecule has 0 radical (unpaired) electrons. The third-order valence-corrected chi connectivity index (χ3v) is 13.8. The van der Waals surface area contributed by atoms with Crippen LogP contribution in [0, 0.1) is 0 Å². The molecule has 1 aliphatic carbocycles. The van der Waals surface area contributed by atoms with Crippen LogP contribution in [0.1, 0.15) is 245 Å². The van der Waals surface area contributed by atoms with Gasteiger partial charge in [0.1, 0.15) is 36.6 Å². The molecule has 0 spiro atoms. The Bertz CT molecular complexity index is 1120. The van der Waals surface area contributed by atoms with Gasteiger partial charge in [-0.3, -0.25) is 13.8 Å². The van der Waals surface area contributed by atoms with Crippen LogP contribution < -0.4 is 5.32 Å². The van der Waals surface area contributed by atoms with E-state index in [-0.39, 0.29) is 12.3 Å². The first-order valence-electron chi connectivity index (χ1n) is 26.1. The summed E-state index contributed by atoms with van der Waals surface area (Å²) in [5.41, 5.74) is 0. The van der Waals surface area contributed by atoms with Crippen LogP contribution in [0.4, 0.5) is 0 Å². The molecule has 1 rings (SSSR count). The van der Waals surface area contributed by atoms with Crippen molar-refractivity contribution in [1.82, 2.24) is 5.32 Å². The van der Waals surface area contributed by atoms with Crippen LogP contribution in [-0.4, -0.2) is 96.8 Å². The Labute approximate surface area is 384 Å². The Hall–Kier alpha value is -0.920. The summed E-state index contributed by atoms with van der Waals surface area (Å²) in [5.74, 6) is -0.336. The number of unbranched alkanes of at least 4 members (excludes halogenated alkanes) is 33. The minimum Gasteiger partial charge on any atom is -0.387 e. The molecule has 1 aliphatic rings. The Morgan fingerprint density at radius 2 is 0.841 bits per heavy atom. The number of rotatable bonds is 44. The summed E-state index contributed by atoms with van der Waals surface area (Å²) < 4.78 is 23.0. The van der Waals surface area contributed by atoms with Crippen molar-refractivity contribution in [3.05, 3.63) is 12.2 Å². The SMILES string of the molecule is CCCCCCCCCCCCCCCCC/C=C/[C@@H](O)[C@H](COP(=O)(O)OC1C(O)C(O)C(O)[C@@H](O)C1O)NC(=O)CCCCCCCCCCCCCCCCCCCCC. The number of aliphatic hydroxyl groups is 6. The summed E-state index contributed by atoms with van der Waals surface area (Å²) in [6.07, 6.45) is 34.2. The second-order valence-corrected chi connectivity index (χ2v) is 20.1. The molecule has 0 bridgehead atoms. The number of aliphatic hydroxyl groups excluding tert-OH is 6. The summed E-state index contributed by atoms with van der Waals surface area (Å²) in [6, 6.07) is -1.11. The molecular weight excluding hydrogens is 822 g/mol. The van der Waals surface area contributed by atoms with Crippen molar-refractivity contribution < 1.29 is 53.9 Å². The van der Waals surface area contributed by atoms with Crippen molar-refractivity contribution in [3.8, 4) is 0 Å². The van der Waals surface area contributed by atoms with Crippen LogP contribution in [0.15, 0.2) is 12.2 Å². The van der Waals surface area contributed by atoms with E-state index >= 15 is 0 Å². The average molecular weight is 920 g/mol. The molecule has 0 heterocycles. The van der Waals surface area contributed by atoms with Crippen LogP contribution in [0.2, 0.25) is 0 Å². The summed E-state index contributed by atoms with van der Waals surface area (Å²) in [5, 5.41) is 64.2. The minimum absolute atomic E-state index is 0.219. The first kappa shape index (κ1) is 60.1. The molecule has 0 aromatic carbocycles. The number of nitrogens with one attached hydrogen (secondary N) is 1. The van der Waals surface area contributed by atoms with Gasteiger partial charge in [-0.25, -0.2) is 4.57 Å². The molecule has 1 fully saturated rings. The Morgan fingerprint density at radius 1 is 0.524 bits per heavy atom. The third kappa shape index (κ3) is 31.6. The topological polar surface area (TPSA) is 206 Å². The van der Waals surface area contributed by atoms with Crippen LogP contribution in [0.25, 0.3) is 0 Å². The lowest BCUT2D eigenvalue weighted by Crippen LogP contribution is -2.64. The molecule has 9 atom stereocenters. The quantitative estimate of drug-likeness (QED) is 0.0164. The first-order chi connectivity index (χ1) is 30.4. The molecule has 63 heavy (non-hydrogen) atoms. The standard InChI is InChI=1S/C50H98NO11P/c1-3-5-7-9-11-13-15-17-19-21-22-24-26-28-30-32-34-36-38-40-44(53)51-42(41-61-63(59,60)62-50-48(57)46(55)45(54)47(56)49(50)58)43(52)39-37-35-33-31-29-27-25-23-20-18-16-14-12-10-8-6-4-2/h37,39,42-43,45-50,52,54-58H,3-36,38,40-41H2,1-2H3,(H,51,53)(H,59,60)/b39-37+/t42-,43+,45?,46+,47?,48?,49?,50?/m0/s1. The van der Waals surface area contributed by atoms with E-state index in [1.54, 1.807) is 6.08 Å². The highest BCUT2D eigenvalue weighted by atomic mass is 31.2. The fraction of sp³-hybridized carbons (Fsp3) is 0.940. The highest BCUT2D eigenvalue weighted by Crippen LogP contribution is 2.47. The van der Waals surface area contributed by atoms with Gasteiger partial charge in [-0.1, -0.05) is 231 Å². The third-order valence-electron chi connectivity index (χ3n) is 12.8. The highest BCUT2D eigenvalue weighted by Gasteiger charge is 2.51. The number of carbonyl (C=O) groups excluding carboxylic acids is 1. The molecule has 6 unspecified atom stereocenters. The molecule has 13 heteroatoms. The largest absolute Gasteiger partial charge is 0.472 e. The van der Waals surface area contributed by atoms with Gasteiger partial charge >= 0.3 is 7.82 Å². The van der Waals surface area contributed by atoms with Gasteiger partial charge < -0.3 is 40.8 Å². The highest BCUT2D eigenvalue weighted by molar-refractivity contribution is 7.47. The van der Waals surface area contributed by atoms with Crippen molar-refractivity contribution in [3.63, 3.8) is 0 Å². The predicted octanol–water partition coefficient (Wildman–Crippen LogP) is 10.8. The number of hydrogen-bond acceptors (Lipinski definition) is 10. The van der Waals surface area contributed by atoms with Crippen LogP contribution in [-0.2, 0) is 18.4 Å². The van der Waals surface area contributed by atoms with Crippen molar-refractivity contribution in [2.45, 2.75) is 294 Å². The molecule has 1 saturated carbocycles. The fourth-order valence-electron chi connectivity index (χ4n) is 8.55. The van der Waals surface area contributed by atoms with Crippen LogP contribution in [0.3, 0.4) is 0 Å². The molecule has 374 valence electrons. The first-order valence-corrected chi connectivity index (χ1v) is 27.6. The van der Waals surface area contributed by atoms with Crippen molar-refractivity contribution in [2.75, 3.05) is 6.61 Å². The van der Waals surface area contributed by atoms with Crippen molar-refractivity contribution in [1.29, 1.82) is 0 Å². The van der Waals surface area contributed by atoms with Gasteiger partial charge in [0.05, 0.1) is 18.8 Å². The van der Waals surface area contributed by atoms with E-state index in [0.29, 0.717) is 6.42 Å². The zero-order chi connectivity index (χ0) is 46.4. The number of phosphoric ester groups is 1. The molecule has 0 saturated heterocycles. The van der Waals surface area contributed by atoms with Gasteiger partial charge in [0, 0.05) is 6.42 Å². The van der Waals surface area contributed by atoms with E-state index in [1.807, 2.05) is 6.08 Å². The van der Waals surface area contributed by atoms with Gasteiger partial charge in [-0.05, 0) is 19.3 Å². The van der Waals surface area contributed by atoms with Crippen molar-refractivity contribution >= 4 is 13.7 Å². The Kier molecular flexibility index (Phi) is 38.3. The summed E-state index contributed by atoms with van der Waals surface area (Å²) >= 11 is 0. The molecule has 8 N–H and O–H groups in total. The molecule has 1 amide bonds. The maximum atomic E-state index is 13.0.